The Bertz CT molecular complexity index is 539. The number of aromatic nitrogens is 2. The number of nitrogens with two attached hydrogens (primary N) is 1. The van der Waals surface area contributed by atoms with Gasteiger partial charge in [0, 0.05) is 5.56 Å². The Kier molecular flexibility index (Phi) is 4.50. The standard InChI is InChI=1S/C14H19N3OS/c1-4-12(15)14-17-16-13(19-14)10-6-5-7-11(8-10)18-9(2)3/h5-9,12H,4,15H2,1-3H3. The van der Waals surface area contributed by atoms with Crippen LogP contribution >= 0.6 is 11.3 Å². The Morgan fingerprint density at radius 1 is 1.32 bits per heavy atom. The molecule has 2 N–H and O–H groups in total. The van der Waals surface area contributed by atoms with Crippen molar-refractivity contribution in [3.63, 3.8) is 0 Å². The largest absolute Gasteiger partial charge is 0.491 e. The van der Waals surface area contributed by atoms with Gasteiger partial charge in [0.15, 0.2) is 0 Å². The fourth-order valence-corrected chi connectivity index (χ4v) is 2.57. The molecule has 1 aromatic carbocycles. The molecule has 1 aromatic heterocycles. The van der Waals surface area contributed by atoms with Crippen LogP contribution in [-0.4, -0.2) is 16.3 Å². The van der Waals surface area contributed by atoms with Crippen LogP contribution in [0.2, 0.25) is 0 Å². The molecule has 1 heterocycles. The molecule has 0 spiro atoms. The average Bonchev–Trinajstić information content (AvgIpc) is 2.87. The molecule has 2 rings (SSSR count). The minimum atomic E-state index is -0.0265. The first-order chi connectivity index (χ1) is 9.10. The van der Waals surface area contributed by atoms with Crippen LogP contribution in [0.1, 0.15) is 38.2 Å². The third-order valence-electron chi connectivity index (χ3n) is 2.65. The van der Waals surface area contributed by atoms with Gasteiger partial charge in [-0.3, -0.25) is 0 Å². The Morgan fingerprint density at radius 3 is 2.79 bits per heavy atom. The van der Waals surface area contributed by atoms with Gasteiger partial charge in [0.1, 0.15) is 15.8 Å². The normalized spacial score (nSPS) is 12.7. The highest BCUT2D eigenvalue weighted by Crippen LogP contribution is 2.29. The van der Waals surface area contributed by atoms with Crippen molar-refractivity contribution in [1.29, 1.82) is 0 Å². The second kappa shape index (κ2) is 6.12. The molecule has 0 aliphatic carbocycles. The minimum absolute atomic E-state index is 0.0265. The van der Waals surface area contributed by atoms with E-state index < -0.39 is 0 Å². The Hall–Kier alpha value is -1.46. The van der Waals surface area contributed by atoms with E-state index in [0.717, 1.165) is 27.7 Å². The Morgan fingerprint density at radius 2 is 2.11 bits per heavy atom. The molecule has 0 fully saturated rings. The smallest absolute Gasteiger partial charge is 0.147 e. The van der Waals surface area contributed by atoms with E-state index in [-0.39, 0.29) is 12.1 Å². The van der Waals surface area contributed by atoms with Crippen molar-refractivity contribution in [3.05, 3.63) is 29.3 Å². The number of benzene rings is 1. The third kappa shape index (κ3) is 3.52. The Balaban J connectivity index is 2.24. The number of rotatable bonds is 5. The topological polar surface area (TPSA) is 61.0 Å². The van der Waals surface area contributed by atoms with E-state index in [2.05, 4.69) is 10.2 Å². The molecule has 0 amide bonds. The lowest BCUT2D eigenvalue weighted by atomic mass is 10.2. The fraction of sp³-hybridized carbons (Fsp3) is 0.429. The van der Waals surface area contributed by atoms with Crippen LogP contribution in [0.4, 0.5) is 0 Å². The summed E-state index contributed by atoms with van der Waals surface area (Å²) in [7, 11) is 0. The maximum absolute atomic E-state index is 5.96. The highest BCUT2D eigenvalue weighted by atomic mass is 32.1. The molecule has 5 heteroatoms. The molecule has 0 aliphatic heterocycles. The van der Waals surface area contributed by atoms with Gasteiger partial charge >= 0.3 is 0 Å². The second-order valence-corrected chi connectivity index (χ2v) is 5.66. The summed E-state index contributed by atoms with van der Waals surface area (Å²) < 4.78 is 5.68. The van der Waals surface area contributed by atoms with Crippen LogP contribution in [0, 0.1) is 0 Å². The van der Waals surface area contributed by atoms with E-state index in [1.165, 1.54) is 0 Å². The van der Waals surface area contributed by atoms with Gasteiger partial charge in [0.05, 0.1) is 12.1 Å². The van der Waals surface area contributed by atoms with E-state index in [1.54, 1.807) is 11.3 Å². The summed E-state index contributed by atoms with van der Waals surface area (Å²) in [6, 6.07) is 7.88. The number of hydrogen-bond donors (Lipinski definition) is 1. The van der Waals surface area contributed by atoms with E-state index >= 15 is 0 Å². The number of hydrogen-bond acceptors (Lipinski definition) is 5. The summed E-state index contributed by atoms with van der Waals surface area (Å²) in [6.45, 7) is 6.06. The molecular formula is C14H19N3OS. The predicted octanol–water partition coefficient (Wildman–Crippen LogP) is 3.40. The minimum Gasteiger partial charge on any atom is -0.491 e. The van der Waals surface area contributed by atoms with Crippen molar-refractivity contribution in [2.75, 3.05) is 0 Å². The summed E-state index contributed by atoms with van der Waals surface area (Å²) in [6.07, 6.45) is 1.03. The lowest BCUT2D eigenvalue weighted by molar-refractivity contribution is 0.242. The monoisotopic (exact) mass is 277 g/mol. The zero-order valence-corrected chi connectivity index (χ0v) is 12.3. The molecular weight excluding hydrogens is 258 g/mol. The molecule has 0 aliphatic rings. The lowest BCUT2D eigenvalue weighted by Gasteiger charge is -2.09. The highest BCUT2D eigenvalue weighted by Gasteiger charge is 2.12. The van der Waals surface area contributed by atoms with Crippen LogP contribution in [0.25, 0.3) is 10.6 Å². The molecule has 1 unspecified atom stereocenters. The molecule has 0 radical (unpaired) electrons. The van der Waals surface area contributed by atoms with Crippen LogP contribution in [0.5, 0.6) is 5.75 Å². The molecule has 1 atom stereocenters. The summed E-state index contributed by atoms with van der Waals surface area (Å²) in [5.74, 6) is 0.851. The quantitative estimate of drug-likeness (QED) is 0.910. The van der Waals surface area contributed by atoms with E-state index in [4.69, 9.17) is 10.5 Å². The fourth-order valence-electron chi connectivity index (χ4n) is 1.65. The van der Waals surface area contributed by atoms with Crippen LogP contribution in [0.3, 0.4) is 0 Å². The average molecular weight is 277 g/mol. The molecule has 4 nitrogen and oxygen atoms in total. The highest BCUT2D eigenvalue weighted by molar-refractivity contribution is 7.14. The second-order valence-electron chi connectivity index (χ2n) is 4.65. The molecule has 19 heavy (non-hydrogen) atoms. The van der Waals surface area contributed by atoms with Crippen molar-refractivity contribution in [2.24, 2.45) is 5.73 Å². The predicted molar refractivity (Wildman–Crippen MR) is 78.3 cm³/mol. The van der Waals surface area contributed by atoms with Gasteiger partial charge in [-0.1, -0.05) is 30.4 Å². The van der Waals surface area contributed by atoms with Crippen molar-refractivity contribution >= 4 is 11.3 Å². The number of ether oxygens (including phenoxy) is 1. The van der Waals surface area contributed by atoms with Crippen molar-refractivity contribution < 1.29 is 4.74 Å². The summed E-state index contributed by atoms with van der Waals surface area (Å²) in [5.41, 5.74) is 6.98. The van der Waals surface area contributed by atoms with Crippen LogP contribution in [0.15, 0.2) is 24.3 Å². The van der Waals surface area contributed by atoms with Gasteiger partial charge in [-0.15, -0.1) is 10.2 Å². The van der Waals surface area contributed by atoms with E-state index in [9.17, 15) is 0 Å². The first-order valence-electron chi connectivity index (χ1n) is 6.46. The van der Waals surface area contributed by atoms with Crippen molar-refractivity contribution in [1.82, 2.24) is 10.2 Å². The summed E-state index contributed by atoms with van der Waals surface area (Å²) in [5, 5.41) is 10.1. The molecule has 2 aromatic rings. The van der Waals surface area contributed by atoms with Gasteiger partial charge < -0.3 is 10.5 Å². The zero-order valence-electron chi connectivity index (χ0n) is 11.5. The SMILES string of the molecule is CCC(N)c1nnc(-c2cccc(OC(C)C)c2)s1. The summed E-state index contributed by atoms with van der Waals surface area (Å²) in [4.78, 5) is 0. The van der Waals surface area contributed by atoms with Gasteiger partial charge in [-0.2, -0.15) is 0 Å². The molecule has 0 bridgehead atoms. The first-order valence-corrected chi connectivity index (χ1v) is 7.28. The van der Waals surface area contributed by atoms with Crippen LogP contribution in [-0.2, 0) is 0 Å². The van der Waals surface area contributed by atoms with Gasteiger partial charge in [-0.05, 0) is 32.4 Å². The number of nitrogens with zero attached hydrogens (tertiary/aromatic N) is 2. The van der Waals surface area contributed by atoms with Gasteiger partial charge in [0.2, 0.25) is 0 Å². The van der Waals surface area contributed by atoms with E-state index in [0.29, 0.717) is 0 Å². The maximum atomic E-state index is 5.96. The first kappa shape index (κ1) is 14.0. The molecule has 0 saturated carbocycles. The third-order valence-corrected chi connectivity index (χ3v) is 3.75. The summed E-state index contributed by atoms with van der Waals surface area (Å²) >= 11 is 1.54. The van der Waals surface area contributed by atoms with Gasteiger partial charge in [0.25, 0.3) is 0 Å². The van der Waals surface area contributed by atoms with E-state index in [1.807, 2.05) is 45.0 Å². The molecule has 0 saturated heterocycles. The maximum Gasteiger partial charge on any atom is 0.147 e. The van der Waals surface area contributed by atoms with Gasteiger partial charge in [-0.25, -0.2) is 0 Å². The molecule has 102 valence electrons. The lowest BCUT2D eigenvalue weighted by Crippen LogP contribution is -2.07. The van der Waals surface area contributed by atoms with Crippen molar-refractivity contribution in [3.8, 4) is 16.3 Å². The Labute approximate surface area is 117 Å². The zero-order chi connectivity index (χ0) is 13.8. The van der Waals surface area contributed by atoms with Crippen LogP contribution < -0.4 is 10.5 Å². The van der Waals surface area contributed by atoms with Crippen molar-refractivity contribution in [2.45, 2.75) is 39.3 Å².